The third-order valence-corrected chi connectivity index (χ3v) is 2.80. The maximum absolute atomic E-state index is 11.4. The van der Waals surface area contributed by atoms with Crippen molar-refractivity contribution in [1.29, 1.82) is 0 Å². The van der Waals surface area contributed by atoms with Gasteiger partial charge in [-0.15, -0.1) is 0 Å². The number of nitro groups is 1. The lowest BCUT2D eigenvalue weighted by Crippen LogP contribution is -2.06. The van der Waals surface area contributed by atoms with Crippen molar-refractivity contribution < 1.29 is 14.5 Å². The number of hydrogen-bond donors (Lipinski definition) is 1. The Hall–Kier alpha value is -2.96. The first-order valence-electron chi connectivity index (χ1n) is 6.11. The van der Waals surface area contributed by atoms with Crippen molar-refractivity contribution in [2.75, 3.05) is 12.4 Å². The van der Waals surface area contributed by atoms with Crippen LogP contribution in [0.5, 0.6) is 0 Å². The molecule has 0 spiro atoms. The molecule has 0 aliphatic carbocycles. The zero-order chi connectivity index (χ0) is 15.2. The zero-order valence-corrected chi connectivity index (χ0v) is 11.3. The Morgan fingerprint density at radius 3 is 2.67 bits per heavy atom. The smallest absolute Gasteiger partial charge is 0.356 e. The van der Waals surface area contributed by atoms with Crippen molar-refractivity contribution in [2.24, 2.45) is 0 Å². The van der Waals surface area contributed by atoms with Crippen LogP contribution in [0, 0.1) is 10.1 Å². The summed E-state index contributed by atoms with van der Waals surface area (Å²) >= 11 is 0. The highest BCUT2D eigenvalue weighted by Gasteiger charge is 2.07. The van der Waals surface area contributed by atoms with Gasteiger partial charge in [0.05, 0.1) is 12.0 Å². The standard InChI is InChI=1S/C14H13N3O4/c1-21-14(18)13-8-11(6-7-15-13)16-9-10-2-4-12(5-3-10)17(19)20/h2-8H,9H2,1H3,(H,15,16). The van der Waals surface area contributed by atoms with Crippen LogP contribution in [0.4, 0.5) is 11.4 Å². The van der Waals surface area contributed by atoms with E-state index in [0.29, 0.717) is 12.2 Å². The molecule has 0 aliphatic heterocycles. The number of nitrogens with zero attached hydrogens (tertiary/aromatic N) is 2. The Morgan fingerprint density at radius 1 is 1.33 bits per heavy atom. The minimum absolute atomic E-state index is 0.0515. The minimum Gasteiger partial charge on any atom is -0.464 e. The second kappa shape index (κ2) is 6.47. The summed E-state index contributed by atoms with van der Waals surface area (Å²) in [5.41, 5.74) is 1.86. The molecule has 0 fully saturated rings. The molecule has 2 rings (SSSR count). The first-order valence-corrected chi connectivity index (χ1v) is 6.11. The van der Waals surface area contributed by atoms with Crippen LogP contribution in [0.3, 0.4) is 0 Å². The van der Waals surface area contributed by atoms with Gasteiger partial charge in [0.1, 0.15) is 5.69 Å². The number of nitrogens with one attached hydrogen (secondary N) is 1. The average Bonchev–Trinajstić information content (AvgIpc) is 2.52. The molecule has 0 radical (unpaired) electrons. The lowest BCUT2D eigenvalue weighted by Gasteiger charge is -2.07. The largest absolute Gasteiger partial charge is 0.464 e. The van der Waals surface area contributed by atoms with Crippen molar-refractivity contribution in [1.82, 2.24) is 4.98 Å². The number of hydrogen-bond acceptors (Lipinski definition) is 6. The van der Waals surface area contributed by atoms with E-state index in [4.69, 9.17) is 0 Å². The molecule has 21 heavy (non-hydrogen) atoms. The number of aromatic nitrogens is 1. The summed E-state index contributed by atoms with van der Waals surface area (Å²) in [7, 11) is 1.29. The number of carbonyl (C=O) groups is 1. The molecule has 0 saturated carbocycles. The van der Waals surface area contributed by atoms with E-state index in [1.54, 1.807) is 24.3 Å². The summed E-state index contributed by atoms with van der Waals surface area (Å²) in [5.74, 6) is -0.506. The van der Waals surface area contributed by atoms with Gasteiger partial charge in [-0.2, -0.15) is 0 Å². The molecule has 2 aromatic rings. The number of benzene rings is 1. The van der Waals surface area contributed by atoms with E-state index in [1.807, 2.05) is 0 Å². The van der Waals surface area contributed by atoms with Crippen molar-refractivity contribution in [3.8, 4) is 0 Å². The topological polar surface area (TPSA) is 94.4 Å². The molecule has 0 aliphatic rings. The predicted molar refractivity (Wildman–Crippen MR) is 76.0 cm³/mol. The summed E-state index contributed by atoms with van der Waals surface area (Å²) in [6, 6.07) is 9.54. The van der Waals surface area contributed by atoms with E-state index in [0.717, 1.165) is 5.56 Å². The van der Waals surface area contributed by atoms with Gasteiger partial charge >= 0.3 is 5.97 Å². The van der Waals surface area contributed by atoms with E-state index >= 15 is 0 Å². The third kappa shape index (κ3) is 3.75. The zero-order valence-electron chi connectivity index (χ0n) is 11.3. The number of anilines is 1. The number of ether oxygens (including phenoxy) is 1. The molecular formula is C14H13N3O4. The van der Waals surface area contributed by atoms with Crippen molar-refractivity contribution in [2.45, 2.75) is 6.54 Å². The van der Waals surface area contributed by atoms with Gasteiger partial charge < -0.3 is 10.1 Å². The van der Waals surface area contributed by atoms with Gasteiger partial charge in [-0.3, -0.25) is 10.1 Å². The number of esters is 1. The molecule has 0 saturated heterocycles. The molecule has 1 heterocycles. The second-order valence-corrected chi connectivity index (χ2v) is 4.20. The first kappa shape index (κ1) is 14.4. The molecule has 108 valence electrons. The second-order valence-electron chi connectivity index (χ2n) is 4.20. The molecule has 1 N–H and O–H groups in total. The highest BCUT2D eigenvalue weighted by molar-refractivity contribution is 5.88. The Bertz CT molecular complexity index is 656. The van der Waals surface area contributed by atoms with Crippen LogP contribution in [0.15, 0.2) is 42.6 Å². The maximum Gasteiger partial charge on any atom is 0.356 e. The summed E-state index contributed by atoms with van der Waals surface area (Å²) in [6.07, 6.45) is 1.50. The average molecular weight is 287 g/mol. The van der Waals surface area contributed by atoms with Crippen molar-refractivity contribution in [3.63, 3.8) is 0 Å². The number of methoxy groups -OCH3 is 1. The molecule has 0 atom stereocenters. The van der Waals surface area contributed by atoms with Crippen LogP contribution < -0.4 is 5.32 Å². The monoisotopic (exact) mass is 287 g/mol. The summed E-state index contributed by atoms with van der Waals surface area (Å²) in [6.45, 7) is 0.475. The highest BCUT2D eigenvalue weighted by Crippen LogP contribution is 2.14. The van der Waals surface area contributed by atoms with Crippen molar-refractivity contribution >= 4 is 17.3 Å². The minimum atomic E-state index is -0.506. The lowest BCUT2D eigenvalue weighted by atomic mass is 10.2. The molecule has 0 bridgehead atoms. The van der Waals surface area contributed by atoms with Gasteiger partial charge in [0.2, 0.25) is 0 Å². The maximum atomic E-state index is 11.4. The van der Waals surface area contributed by atoms with Gasteiger partial charge in [0.25, 0.3) is 5.69 Å². The first-order chi connectivity index (χ1) is 10.1. The molecule has 1 aromatic heterocycles. The number of rotatable bonds is 5. The van der Waals surface area contributed by atoms with E-state index in [9.17, 15) is 14.9 Å². The number of pyridine rings is 1. The highest BCUT2D eigenvalue weighted by atomic mass is 16.6. The van der Waals surface area contributed by atoms with E-state index in [2.05, 4.69) is 15.0 Å². The fourth-order valence-corrected chi connectivity index (χ4v) is 1.70. The molecule has 7 nitrogen and oxygen atoms in total. The van der Waals surface area contributed by atoms with Crippen LogP contribution in [-0.4, -0.2) is 23.0 Å². The lowest BCUT2D eigenvalue weighted by molar-refractivity contribution is -0.384. The number of nitro benzene ring substituents is 1. The van der Waals surface area contributed by atoms with Gasteiger partial charge in [-0.1, -0.05) is 12.1 Å². The summed E-state index contributed by atoms with van der Waals surface area (Å²) < 4.78 is 4.60. The quantitative estimate of drug-likeness (QED) is 0.515. The van der Waals surface area contributed by atoms with E-state index in [1.165, 1.54) is 25.4 Å². The fourth-order valence-electron chi connectivity index (χ4n) is 1.70. The van der Waals surface area contributed by atoms with Crippen LogP contribution in [0.25, 0.3) is 0 Å². The normalized spacial score (nSPS) is 9.95. The molecule has 7 heteroatoms. The predicted octanol–water partition coefficient (Wildman–Crippen LogP) is 2.39. The number of non-ortho nitro benzene ring substituents is 1. The van der Waals surface area contributed by atoms with Gasteiger partial charge in [0.15, 0.2) is 0 Å². The van der Waals surface area contributed by atoms with E-state index in [-0.39, 0.29) is 11.4 Å². The number of carbonyl (C=O) groups excluding carboxylic acids is 1. The van der Waals surface area contributed by atoms with E-state index < -0.39 is 10.9 Å². The molecular weight excluding hydrogens is 274 g/mol. The van der Waals surface area contributed by atoms with Crippen LogP contribution in [0.1, 0.15) is 16.1 Å². The Kier molecular flexibility index (Phi) is 4.45. The Morgan fingerprint density at radius 2 is 2.05 bits per heavy atom. The van der Waals surface area contributed by atoms with Crippen LogP contribution in [0.2, 0.25) is 0 Å². The molecule has 0 unspecified atom stereocenters. The van der Waals surface area contributed by atoms with Gasteiger partial charge in [-0.25, -0.2) is 9.78 Å². The summed E-state index contributed by atoms with van der Waals surface area (Å²) in [4.78, 5) is 25.4. The van der Waals surface area contributed by atoms with Gasteiger partial charge in [0, 0.05) is 30.6 Å². The Balaban J connectivity index is 2.02. The fraction of sp³-hybridized carbons (Fsp3) is 0.143. The van der Waals surface area contributed by atoms with Crippen LogP contribution >= 0.6 is 0 Å². The molecule has 1 aromatic carbocycles. The van der Waals surface area contributed by atoms with Crippen LogP contribution in [-0.2, 0) is 11.3 Å². The summed E-state index contributed by atoms with van der Waals surface area (Å²) in [5, 5.41) is 13.7. The Labute approximate surface area is 120 Å². The van der Waals surface area contributed by atoms with Gasteiger partial charge in [-0.05, 0) is 17.7 Å². The third-order valence-electron chi connectivity index (χ3n) is 2.80. The molecule has 0 amide bonds. The SMILES string of the molecule is COC(=O)c1cc(NCc2ccc([N+](=O)[O-])cc2)ccn1. The van der Waals surface area contributed by atoms with Crippen molar-refractivity contribution in [3.05, 3.63) is 64.0 Å².